The van der Waals surface area contributed by atoms with Crippen LogP contribution in [-0.4, -0.2) is 96.7 Å². The van der Waals surface area contributed by atoms with Gasteiger partial charge < -0.3 is 33.8 Å². The van der Waals surface area contributed by atoms with Crippen LogP contribution in [0.3, 0.4) is 0 Å². The minimum Gasteiger partial charge on any atom is -0.462 e. The molecule has 0 heterocycles. The molecule has 0 saturated heterocycles. The number of phosphoric ester groups is 2. The van der Waals surface area contributed by atoms with E-state index >= 15 is 0 Å². The number of carbonyl (C=O) groups excluding carboxylic acids is 4. The molecular weight excluding hydrogens is 1230 g/mol. The third-order valence-electron chi connectivity index (χ3n) is 17.7. The summed E-state index contributed by atoms with van der Waals surface area (Å²) in [7, 11) is -9.91. The number of ether oxygens (including phenoxy) is 4. The molecule has 0 rings (SSSR count). The Kier molecular flexibility index (Phi) is 64.3. The Morgan fingerprint density at radius 2 is 0.543 bits per heavy atom. The third kappa shape index (κ3) is 67.3. The lowest BCUT2D eigenvalue weighted by Crippen LogP contribution is -2.30. The maximum atomic E-state index is 13.1. The van der Waals surface area contributed by atoms with E-state index in [1.54, 1.807) is 0 Å². The molecule has 0 fully saturated rings. The van der Waals surface area contributed by atoms with Crippen molar-refractivity contribution >= 4 is 39.5 Å². The van der Waals surface area contributed by atoms with Crippen molar-refractivity contribution in [2.24, 2.45) is 17.8 Å². The molecule has 19 heteroatoms. The van der Waals surface area contributed by atoms with Gasteiger partial charge >= 0.3 is 39.5 Å². The first-order valence-corrected chi connectivity index (χ1v) is 41.9. The molecule has 0 aromatic rings. The second kappa shape index (κ2) is 65.7. The molecule has 0 radical (unpaired) electrons. The molecule has 0 spiro atoms. The standard InChI is InChI=1S/C75H146O17P2/c1-8-10-11-12-13-14-15-20-28-35-42-49-56-72(77)85-63-71(92-75(80)59-52-45-38-31-24-26-33-40-47-54-67(5)6)65-90-94(83,84)88-61-69(76)60-87-93(81,82)89-64-70(62-86-73(78)57-50-43-36-29-23-22-27-34-41-48-55-68(7)9-2)91-74(79)58-51-44-37-30-21-18-16-17-19-25-32-39-46-53-66(3)4/h66-71,76H,8-65H2,1-7H3,(H,81,82)(H,83,84)/t68?,69-,70-,71-/m1/s1. The van der Waals surface area contributed by atoms with E-state index in [1.165, 1.54) is 193 Å². The van der Waals surface area contributed by atoms with Gasteiger partial charge in [-0.25, -0.2) is 9.13 Å². The van der Waals surface area contributed by atoms with Gasteiger partial charge in [0.25, 0.3) is 0 Å². The highest BCUT2D eigenvalue weighted by Gasteiger charge is 2.30. The summed E-state index contributed by atoms with van der Waals surface area (Å²) in [5.74, 6) is 0.215. The lowest BCUT2D eigenvalue weighted by Gasteiger charge is -2.21. The summed E-state index contributed by atoms with van der Waals surface area (Å²) >= 11 is 0. The third-order valence-corrected chi connectivity index (χ3v) is 19.6. The van der Waals surface area contributed by atoms with E-state index in [9.17, 15) is 43.2 Å². The molecule has 6 atom stereocenters. The summed E-state index contributed by atoms with van der Waals surface area (Å²) in [5, 5.41) is 10.6. The molecule has 0 aliphatic heterocycles. The van der Waals surface area contributed by atoms with Crippen molar-refractivity contribution in [3.63, 3.8) is 0 Å². The minimum atomic E-state index is -4.96. The molecular formula is C75H146O17P2. The van der Waals surface area contributed by atoms with Crippen LogP contribution >= 0.6 is 15.6 Å². The van der Waals surface area contributed by atoms with Gasteiger partial charge in [0.15, 0.2) is 12.2 Å². The van der Waals surface area contributed by atoms with Gasteiger partial charge in [-0.2, -0.15) is 0 Å². The van der Waals surface area contributed by atoms with Gasteiger partial charge in [-0.3, -0.25) is 37.3 Å². The van der Waals surface area contributed by atoms with Crippen LogP contribution in [0.15, 0.2) is 0 Å². The summed E-state index contributed by atoms with van der Waals surface area (Å²) in [5.41, 5.74) is 0. The largest absolute Gasteiger partial charge is 0.472 e. The van der Waals surface area contributed by atoms with Gasteiger partial charge in [0.05, 0.1) is 26.4 Å². The summed E-state index contributed by atoms with van der Waals surface area (Å²) in [6.45, 7) is 11.9. The van der Waals surface area contributed by atoms with Gasteiger partial charge in [-0.05, 0) is 43.4 Å². The molecule has 17 nitrogen and oxygen atoms in total. The fourth-order valence-electron chi connectivity index (χ4n) is 11.4. The fourth-order valence-corrected chi connectivity index (χ4v) is 13.0. The number of hydrogen-bond donors (Lipinski definition) is 3. The van der Waals surface area contributed by atoms with Crippen LogP contribution in [0.5, 0.6) is 0 Å². The van der Waals surface area contributed by atoms with E-state index in [0.29, 0.717) is 25.7 Å². The molecule has 0 amide bonds. The molecule has 0 aliphatic rings. The highest BCUT2D eigenvalue weighted by atomic mass is 31.2. The SMILES string of the molecule is CCCCCCCCCCCCCCC(=O)OC[C@H](COP(=O)(O)OC[C@H](O)COP(=O)(O)OC[C@@H](COC(=O)CCCCCCCCCCCCC(C)CC)OC(=O)CCCCCCCCCCCCCCCC(C)C)OC(=O)CCCCCCCCCCCC(C)C. The predicted octanol–water partition coefficient (Wildman–Crippen LogP) is 21.8. The minimum absolute atomic E-state index is 0.105. The highest BCUT2D eigenvalue weighted by molar-refractivity contribution is 7.47. The van der Waals surface area contributed by atoms with E-state index in [1.807, 2.05) is 0 Å². The number of aliphatic hydroxyl groups excluding tert-OH is 1. The zero-order chi connectivity index (χ0) is 69.4. The van der Waals surface area contributed by atoms with Crippen molar-refractivity contribution in [1.82, 2.24) is 0 Å². The Morgan fingerprint density at radius 1 is 0.309 bits per heavy atom. The van der Waals surface area contributed by atoms with Crippen LogP contribution < -0.4 is 0 Å². The number of phosphoric acid groups is 2. The van der Waals surface area contributed by atoms with E-state index in [-0.39, 0.29) is 25.7 Å². The van der Waals surface area contributed by atoms with Crippen LogP contribution in [0.25, 0.3) is 0 Å². The maximum absolute atomic E-state index is 13.1. The second-order valence-corrected chi connectivity index (χ2v) is 31.1. The molecule has 0 aromatic carbocycles. The van der Waals surface area contributed by atoms with Gasteiger partial charge in [0.1, 0.15) is 19.3 Å². The number of carbonyl (C=O) groups is 4. The number of rotatable bonds is 73. The number of aliphatic hydroxyl groups is 1. The van der Waals surface area contributed by atoms with Crippen molar-refractivity contribution in [3.8, 4) is 0 Å². The Hall–Kier alpha value is -1.94. The molecule has 0 saturated carbocycles. The van der Waals surface area contributed by atoms with E-state index in [2.05, 4.69) is 48.5 Å². The topological polar surface area (TPSA) is 237 Å². The van der Waals surface area contributed by atoms with Crippen molar-refractivity contribution in [1.29, 1.82) is 0 Å². The lowest BCUT2D eigenvalue weighted by atomic mass is 9.99. The second-order valence-electron chi connectivity index (χ2n) is 28.2. The van der Waals surface area contributed by atoms with Crippen molar-refractivity contribution < 1.29 is 80.2 Å². The van der Waals surface area contributed by atoms with E-state index in [0.717, 1.165) is 108 Å². The van der Waals surface area contributed by atoms with Crippen LogP contribution in [0.1, 0.15) is 382 Å². The predicted molar refractivity (Wildman–Crippen MR) is 381 cm³/mol. The van der Waals surface area contributed by atoms with Crippen molar-refractivity contribution in [3.05, 3.63) is 0 Å². The number of unbranched alkanes of at least 4 members (excludes halogenated alkanes) is 40. The maximum Gasteiger partial charge on any atom is 0.472 e. The van der Waals surface area contributed by atoms with Crippen LogP contribution in [-0.2, 0) is 65.4 Å². The molecule has 94 heavy (non-hydrogen) atoms. The Labute approximate surface area is 575 Å². The zero-order valence-corrected chi connectivity index (χ0v) is 63.2. The first kappa shape index (κ1) is 92.1. The van der Waals surface area contributed by atoms with Crippen LogP contribution in [0.4, 0.5) is 0 Å². The van der Waals surface area contributed by atoms with Crippen LogP contribution in [0, 0.1) is 17.8 Å². The molecule has 558 valence electrons. The first-order valence-electron chi connectivity index (χ1n) is 38.9. The summed E-state index contributed by atoms with van der Waals surface area (Å²) < 4.78 is 68.5. The number of hydrogen-bond acceptors (Lipinski definition) is 15. The highest BCUT2D eigenvalue weighted by Crippen LogP contribution is 2.45. The van der Waals surface area contributed by atoms with Gasteiger partial charge in [0.2, 0.25) is 0 Å². The quantitative estimate of drug-likeness (QED) is 0.0222. The summed E-state index contributed by atoms with van der Waals surface area (Å²) in [6.07, 6.45) is 51.1. The first-order chi connectivity index (χ1) is 45.3. The van der Waals surface area contributed by atoms with Crippen LogP contribution in [0.2, 0.25) is 0 Å². The lowest BCUT2D eigenvalue weighted by molar-refractivity contribution is -0.161. The number of esters is 4. The molecule has 3 unspecified atom stereocenters. The average molecular weight is 1380 g/mol. The van der Waals surface area contributed by atoms with Crippen molar-refractivity contribution in [2.75, 3.05) is 39.6 Å². The van der Waals surface area contributed by atoms with Gasteiger partial charge in [0, 0.05) is 25.7 Å². The zero-order valence-electron chi connectivity index (χ0n) is 61.4. The monoisotopic (exact) mass is 1380 g/mol. The smallest absolute Gasteiger partial charge is 0.462 e. The molecule has 3 N–H and O–H groups in total. The average Bonchev–Trinajstić information content (AvgIpc) is 1.98. The Balaban J connectivity index is 5.27. The molecule has 0 aliphatic carbocycles. The fraction of sp³-hybridized carbons (Fsp3) is 0.947. The molecule has 0 bridgehead atoms. The van der Waals surface area contributed by atoms with Gasteiger partial charge in [-0.15, -0.1) is 0 Å². The van der Waals surface area contributed by atoms with Crippen molar-refractivity contribution in [2.45, 2.75) is 401 Å². The van der Waals surface area contributed by atoms with E-state index < -0.39 is 97.5 Å². The summed E-state index contributed by atoms with van der Waals surface area (Å²) in [4.78, 5) is 72.8. The Bertz CT molecular complexity index is 1840. The van der Waals surface area contributed by atoms with Gasteiger partial charge in [-0.1, -0.05) is 331 Å². The Morgan fingerprint density at radius 3 is 0.809 bits per heavy atom. The summed E-state index contributed by atoms with van der Waals surface area (Å²) in [6, 6.07) is 0. The normalized spacial score (nSPS) is 14.4. The van der Waals surface area contributed by atoms with E-state index in [4.69, 9.17) is 37.0 Å². The molecule has 0 aromatic heterocycles.